The van der Waals surface area contributed by atoms with Gasteiger partial charge < -0.3 is 10.6 Å². The van der Waals surface area contributed by atoms with Crippen LogP contribution in [0.25, 0.3) is 0 Å². The lowest BCUT2D eigenvalue weighted by Crippen LogP contribution is -2.15. The van der Waals surface area contributed by atoms with Gasteiger partial charge in [-0.15, -0.1) is 0 Å². The molecule has 0 aliphatic rings. The Bertz CT molecular complexity index is 709. The first kappa shape index (κ1) is 14.4. The van der Waals surface area contributed by atoms with Crippen molar-refractivity contribution in [2.24, 2.45) is 7.05 Å². The lowest BCUT2D eigenvalue weighted by molar-refractivity contribution is -0.385. The lowest BCUT2D eigenvalue weighted by atomic mass is 10.2. The van der Waals surface area contributed by atoms with Crippen LogP contribution in [0.4, 0.5) is 17.2 Å². The Morgan fingerprint density at radius 1 is 1.48 bits per heavy atom. The first-order valence-corrected chi connectivity index (χ1v) is 6.06. The third kappa shape index (κ3) is 2.96. The van der Waals surface area contributed by atoms with Crippen molar-refractivity contribution in [1.82, 2.24) is 14.8 Å². The first-order valence-electron chi connectivity index (χ1n) is 6.06. The minimum absolute atomic E-state index is 0.0925. The second kappa shape index (κ2) is 5.57. The lowest BCUT2D eigenvalue weighted by Gasteiger charge is -2.08. The standard InChI is InChI=1S/C12H14N6O3/c1-7-10(6-17(3)16-7)15-12(19)9-4-8(18(20)21)5-14-11(9)13-2/h4-6H,1-3H3,(H,13,14)(H,15,19). The van der Waals surface area contributed by atoms with Gasteiger partial charge in [-0.05, 0) is 6.92 Å². The van der Waals surface area contributed by atoms with Crippen LogP contribution in [0, 0.1) is 17.0 Å². The van der Waals surface area contributed by atoms with Gasteiger partial charge in [0.25, 0.3) is 11.6 Å². The van der Waals surface area contributed by atoms with Gasteiger partial charge in [-0.1, -0.05) is 0 Å². The van der Waals surface area contributed by atoms with Crippen molar-refractivity contribution in [2.75, 3.05) is 17.7 Å². The number of anilines is 2. The number of nitrogens with one attached hydrogen (secondary N) is 2. The molecule has 0 spiro atoms. The molecule has 21 heavy (non-hydrogen) atoms. The number of nitro groups is 1. The summed E-state index contributed by atoms with van der Waals surface area (Å²) in [7, 11) is 3.32. The van der Waals surface area contributed by atoms with Crippen LogP contribution in [0.1, 0.15) is 16.1 Å². The zero-order valence-electron chi connectivity index (χ0n) is 11.7. The predicted molar refractivity (Wildman–Crippen MR) is 76.3 cm³/mol. The molecule has 2 N–H and O–H groups in total. The molecule has 2 aromatic heterocycles. The summed E-state index contributed by atoms with van der Waals surface area (Å²) in [4.78, 5) is 26.3. The number of rotatable bonds is 4. The molecule has 0 unspecified atom stereocenters. The summed E-state index contributed by atoms with van der Waals surface area (Å²) < 4.78 is 1.57. The average molecular weight is 290 g/mol. The largest absolute Gasteiger partial charge is 0.372 e. The van der Waals surface area contributed by atoms with Gasteiger partial charge >= 0.3 is 0 Å². The van der Waals surface area contributed by atoms with E-state index in [9.17, 15) is 14.9 Å². The van der Waals surface area contributed by atoms with E-state index >= 15 is 0 Å². The van der Waals surface area contributed by atoms with Gasteiger partial charge in [0.2, 0.25) is 0 Å². The highest BCUT2D eigenvalue weighted by atomic mass is 16.6. The molecule has 0 saturated carbocycles. The molecule has 0 atom stereocenters. The van der Waals surface area contributed by atoms with Gasteiger partial charge in [-0.3, -0.25) is 19.6 Å². The quantitative estimate of drug-likeness (QED) is 0.648. The van der Waals surface area contributed by atoms with Gasteiger partial charge in [0, 0.05) is 26.4 Å². The Hall–Kier alpha value is -2.97. The Kier molecular flexibility index (Phi) is 3.83. The molecule has 0 fully saturated rings. The summed E-state index contributed by atoms with van der Waals surface area (Å²) in [6, 6.07) is 1.18. The van der Waals surface area contributed by atoms with Crippen LogP contribution in [0.15, 0.2) is 18.5 Å². The number of hydrogen-bond acceptors (Lipinski definition) is 6. The van der Waals surface area contributed by atoms with E-state index in [1.807, 2.05) is 0 Å². The van der Waals surface area contributed by atoms with Crippen molar-refractivity contribution < 1.29 is 9.72 Å². The second-order valence-electron chi connectivity index (χ2n) is 4.35. The van der Waals surface area contributed by atoms with E-state index in [0.29, 0.717) is 11.4 Å². The first-order chi connectivity index (χ1) is 9.92. The summed E-state index contributed by atoms with van der Waals surface area (Å²) in [6.45, 7) is 1.75. The Morgan fingerprint density at radius 2 is 2.19 bits per heavy atom. The normalized spacial score (nSPS) is 10.2. The van der Waals surface area contributed by atoms with Gasteiger partial charge in [-0.2, -0.15) is 5.10 Å². The Balaban J connectivity index is 2.35. The molecule has 0 aliphatic carbocycles. The minimum Gasteiger partial charge on any atom is -0.372 e. The Morgan fingerprint density at radius 3 is 2.71 bits per heavy atom. The summed E-state index contributed by atoms with van der Waals surface area (Å²) >= 11 is 0. The molecule has 0 saturated heterocycles. The molecule has 0 aliphatic heterocycles. The number of hydrogen-bond donors (Lipinski definition) is 2. The third-order valence-electron chi connectivity index (χ3n) is 2.83. The Labute approximate surface area is 120 Å². The predicted octanol–water partition coefficient (Wildman–Crippen LogP) is 1.33. The number of pyridine rings is 1. The fourth-order valence-electron chi connectivity index (χ4n) is 1.84. The van der Waals surface area contributed by atoms with Crippen molar-refractivity contribution in [3.63, 3.8) is 0 Å². The summed E-state index contributed by atoms with van der Waals surface area (Å²) in [5, 5.41) is 20.3. The van der Waals surface area contributed by atoms with Crippen molar-refractivity contribution in [3.05, 3.63) is 39.8 Å². The van der Waals surface area contributed by atoms with Gasteiger partial charge in [0.1, 0.15) is 12.0 Å². The van der Waals surface area contributed by atoms with E-state index in [4.69, 9.17) is 0 Å². The van der Waals surface area contributed by atoms with Gasteiger partial charge in [0.15, 0.2) is 0 Å². The molecule has 9 heteroatoms. The highest BCUT2D eigenvalue weighted by Crippen LogP contribution is 2.21. The van der Waals surface area contributed by atoms with E-state index in [-0.39, 0.29) is 17.1 Å². The zero-order chi connectivity index (χ0) is 15.6. The maximum atomic E-state index is 12.3. The fraction of sp³-hybridized carbons (Fsp3) is 0.250. The van der Waals surface area contributed by atoms with Crippen LogP contribution in [0.5, 0.6) is 0 Å². The topological polar surface area (TPSA) is 115 Å². The van der Waals surface area contributed by atoms with Crippen molar-refractivity contribution in [1.29, 1.82) is 0 Å². The van der Waals surface area contributed by atoms with Crippen molar-refractivity contribution in [2.45, 2.75) is 6.92 Å². The van der Waals surface area contributed by atoms with E-state index in [1.165, 1.54) is 6.07 Å². The maximum absolute atomic E-state index is 12.3. The smallest absolute Gasteiger partial charge is 0.288 e. The molecule has 2 aromatic rings. The highest BCUT2D eigenvalue weighted by Gasteiger charge is 2.18. The molecule has 110 valence electrons. The summed E-state index contributed by atoms with van der Waals surface area (Å²) in [5.41, 5.74) is 1.03. The van der Waals surface area contributed by atoms with E-state index in [2.05, 4.69) is 20.7 Å². The highest BCUT2D eigenvalue weighted by molar-refractivity contribution is 6.08. The fourth-order valence-corrected chi connectivity index (χ4v) is 1.84. The maximum Gasteiger partial charge on any atom is 0.288 e. The van der Waals surface area contributed by atoms with Crippen LogP contribution in [-0.2, 0) is 7.05 Å². The van der Waals surface area contributed by atoms with Gasteiger partial charge in [-0.25, -0.2) is 4.98 Å². The van der Waals surface area contributed by atoms with E-state index in [1.54, 1.807) is 31.9 Å². The van der Waals surface area contributed by atoms with Crippen LogP contribution < -0.4 is 10.6 Å². The number of carbonyl (C=O) groups is 1. The molecule has 1 amide bonds. The average Bonchev–Trinajstić information content (AvgIpc) is 2.75. The number of aryl methyl sites for hydroxylation is 2. The molecule has 0 aromatic carbocycles. The van der Waals surface area contributed by atoms with Crippen LogP contribution in [-0.4, -0.2) is 32.6 Å². The number of aromatic nitrogens is 3. The van der Waals surface area contributed by atoms with Crippen molar-refractivity contribution in [3.8, 4) is 0 Å². The van der Waals surface area contributed by atoms with E-state index in [0.717, 1.165) is 6.20 Å². The second-order valence-corrected chi connectivity index (χ2v) is 4.35. The van der Waals surface area contributed by atoms with Gasteiger partial charge in [0.05, 0.1) is 21.9 Å². The minimum atomic E-state index is -0.599. The monoisotopic (exact) mass is 290 g/mol. The zero-order valence-corrected chi connectivity index (χ0v) is 11.7. The molecular formula is C12H14N6O3. The molecular weight excluding hydrogens is 276 g/mol. The molecule has 2 rings (SSSR count). The summed E-state index contributed by atoms with van der Waals surface area (Å²) in [6.07, 6.45) is 2.75. The number of carbonyl (C=O) groups excluding carboxylic acids is 1. The third-order valence-corrected chi connectivity index (χ3v) is 2.83. The summed E-state index contributed by atoms with van der Waals surface area (Å²) in [5.74, 6) is -0.230. The number of amides is 1. The molecule has 0 bridgehead atoms. The number of nitrogens with zero attached hydrogens (tertiary/aromatic N) is 4. The van der Waals surface area contributed by atoms with Crippen LogP contribution in [0.3, 0.4) is 0 Å². The van der Waals surface area contributed by atoms with Crippen molar-refractivity contribution >= 4 is 23.1 Å². The molecule has 2 heterocycles. The SMILES string of the molecule is CNc1ncc([N+](=O)[O-])cc1C(=O)Nc1cn(C)nc1C. The molecule has 9 nitrogen and oxygen atoms in total. The van der Waals surface area contributed by atoms with E-state index < -0.39 is 10.8 Å². The molecule has 0 radical (unpaired) electrons. The van der Waals surface area contributed by atoms with Crippen LogP contribution in [0.2, 0.25) is 0 Å². The van der Waals surface area contributed by atoms with Crippen LogP contribution >= 0.6 is 0 Å².